The van der Waals surface area contributed by atoms with Crippen LogP contribution in [0.5, 0.6) is 0 Å². The largest absolute Gasteiger partial charge is 0.451 e. The number of aromatic nitrogens is 2. The lowest BCUT2D eigenvalue weighted by Crippen LogP contribution is -2.43. The van der Waals surface area contributed by atoms with E-state index in [9.17, 15) is 9.59 Å². The van der Waals surface area contributed by atoms with Crippen LogP contribution >= 0.6 is 0 Å². The first-order valence-corrected chi connectivity index (χ1v) is 12.9. The number of carbonyl (C=O) groups excluding carboxylic acids is 2. The molecule has 2 aliphatic heterocycles. The van der Waals surface area contributed by atoms with Crippen LogP contribution in [0.4, 0.5) is 26.7 Å². The quantitative estimate of drug-likeness (QED) is 0.552. The first-order chi connectivity index (χ1) is 17.6. The van der Waals surface area contributed by atoms with Gasteiger partial charge in [0.1, 0.15) is 0 Å². The topological polar surface area (TPSA) is 91.7 Å². The van der Waals surface area contributed by atoms with E-state index in [4.69, 9.17) is 4.74 Å². The van der Waals surface area contributed by atoms with Gasteiger partial charge >= 0.3 is 12.1 Å². The van der Waals surface area contributed by atoms with E-state index in [1.807, 2.05) is 5.01 Å². The van der Waals surface area contributed by atoms with Gasteiger partial charge in [0, 0.05) is 36.3 Å². The van der Waals surface area contributed by atoms with Crippen molar-refractivity contribution >= 4 is 40.1 Å². The molecule has 1 aromatic heterocycles. The summed E-state index contributed by atoms with van der Waals surface area (Å²) in [6, 6.07) is 11.4. The number of amides is 2. The predicted molar refractivity (Wildman–Crippen MR) is 139 cm³/mol. The molecule has 3 heterocycles. The number of hydrazine groups is 1. The zero-order chi connectivity index (χ0) is 24.6. The Morgan fingerprint density at radius 3 is 2.67 bits per heavy atom. The molecule has 2 aromatic carbocycles. The average molecular weight is 489 g/mol. The molecule has 6 rings (SSSR count). The number of piperidine rings is 1. The van der Waals surface area contributed by atoms with Crippen LogP contribution in [0.25, 0.3) is 10.9 Å². The number of ether oxygens (including phenoxy) is 1. The highest BCUT2D eigenvalue weighted by molar-refractivity contribution is 6.02. The fourth-order valence-corrected chi connectivity index (χ4v) is 6.31. The number of hydrogen-bond donors (Lipinski definition) is 2. The molecule has 2 amide bonds. The molecule has 2 atom stereocenters. The maximum Gasteiger partial charge on any atom is 0.434 e. The van der Waals surface area contributed by atoms with Gasteiger partial charge in [0.25, 0.3) is 0 Å². The standard InChI is InChI=1S/C27H32N6O3/c1-36-27(35)33-25-11-4-8-22(21(25)16-28-33)29-26(34)30-32-15-13-20-23(9-5-10-24(20)32)31-14-12-18-6-2-3-7-19(18)17-31/h4-5,8-11,16,18-19H,2-3,6-7,12-15,17H2,1H3,(H2,29,30,34). The Balaban J connectivity index is 1.17. The third kappa shape index (κ3) is 4.02. The van der Waals surface area contributed by atoms with Gasteiger partial charge < -0.3 is 15.0 Å². The number of benzene rings is 2. The smallest absolute Gasteiger partial charge is 0.434 e. The zero-order valence-electron chi connectivity index (χ0n) is 20.6. The van der Waals surface area contributed by atoms with E-state index in [-0.39, 0.29) is 6.03 Å². The van der Waals surface area contributed by atoms with Crippen molar-refractivity contribution in [1.29, 1.82) is 0 Å². The second-order valence-corrected chi connectivity index (χ2v) is 10.0. The molecular weight excluding hydrogens is 456 g/mol. The summed E-state index contributed by atoms with van der Waals surface area (Å²) >= 11 is 0. The monoisotopic (exact) mass is 488 g/mol. The van der Waals surface area contributed by atoms with Crippen molar-refractivity contribution in [3.8, 4) is 0 Å². The minimum absolute atomic E-state index is 0.338. The Morgan fingerprint density at radius 1 is 1.00 bits per heavy atom. The Labute approximate surface area is 210 Å². The molecule has 36 heavy (non-hydrogen) atoms. The van der Waals surface area contributed by atoms with E-state index in [2.05, 4.69) is 38.9 Å². The Kier molecular flexibility index (Phi) is 5.91. The van der Waals surface area contributed by atoms with Gasteiger partial charge in [-0.3, -0.25) is 5.01 Å². The molecule has 0 bridgehead atoms. The second-order valence-electron chi connectivity index (χ2n) is 10.0. The molecule has 9 heteroatoms. The molecule has 0 radical (unpaired) electrons. The molecule has 1 aliphatic carbocycles. The van der Waals surface area contributed by atoms with Crippen molar-refractivity contribution in [3.05, 3.63) is 48.2 Å². The van der Waals surface area contributed by atoms with Gasteiger partial charge in [-0.25, -0.2) is 15.0 Å². The first-order valence-electron chi connectivity index (χ1n) is 12.9. The van der Waals surface area contributed by atoms with Gasteiger partial charge in [0.15, 0.2) is 0 Å². The first kappa shape index (κ1) is 22.7. The van der Waals surface area contributed by atoms with Crippen LogP contribution in [0.3, 0.4) is 0 Å². The molecule has 9 nitrogen and oxygen atoms in total. The fourth-order valence-electron chi connectivity index (χ4n) is 6.31. The summed E-state index contributed by atoms with van der Waals surface area (Å²) in [7, 11) is 1.31. The van der Waals surface area contributed by atoms with Crippen LogP contribution in [-0.4, -0.2) is 48.6 Å². The number of hydrogen-bond acceptors (Lipinski definition) is 6. The van der Waals surface area contributed by atoms with Gasteiger partial charge in [-0.2, -0.15) is 9.78 Å². The molecule has 0 spiro atoms. The molecule has 2 unspecified atom stereocenters. The van der Waals surface area contributed by atoms with Crippen molar-refractivity contribution in [2.24, 2.45) is 11.8 Å². The summed E-state index contributed by atoms with van der Waals surface area (Å²) in [6.45, 7) is 3.00. The van der Waals surface area contributed by atoms with E-state index in [1.165, 1.54) is 55.1 Å². The van der Waals surface area contributed by atoms with Crippen molar-refractivity contribution in [2.45, 2.75) is 38.5 Å². The summed E-state index contributed by atoms with van der Waals surface area (Å²) in [5.74, 6) is 1.72. The molecule has 1 saturated heterocycles. The minimum Gasteiger partial charge on any atom is -0.451 e. The Hall–Kier alpha value is -3.75. The summed E-state index contributed by atoms with van der Waals surface area (Å²) in [5, 5.41) is 9.61. The van der Waals surface area contributed by atoms with Gasteiger partial charge in [0.05, 0.1) is 30.2 Å². The summed E-state index contributed by atoms with van der Waals surface area (Å²) < 4.78 is 5.95. The van der Waals surface area contributed by atoms with Gasteiger partial charge in [-0.05, 0) is 55.4 Å². The molecule has 2 fully saturated rings. The second kappa shape index (κ2) is 9.37. The highest BCUT2D eigenvalue weighted by Gasteiger charge is 2.33. The number of fused-ring (bicyclic) bond motifs is 3. The highest BCUT2D eigenvalue weighted by atomic mass is 16.5. The molecule has 1 saturated carbocycles. The Bertz CT molecular complexity index is 1300. The fraction of sp³-hybridized carbons (Fsp3) is 0.444. The van der Waals surface area contributed by atoms with Crippen molar-refractivity contribution in [1.82, 2.24) is 15.2 Å². The van der Waals surface area contributed by atoms with E-state index >= 15 is 0 Å². The third-order valence-electron chi connectivity index (χ3n) is 8.08. The number of nitrogens with zero attached hydrogens (tertiary/aromatic N) is 4. The van der Waals surface area contributed by atoms with E-state index in [0.29, 0.717) is 16.6 Å². The van der Waals surface area contributed by atoms with Crippen LogP contribution in [0.15, 0.2) is 42.6 Å². The van der Waals surface area contributed by atoms with Crippen LogP contribution < -0.4 is 20.7 Å². The third-order valence-corrected chi connectivity index (χ3v) is 8.08. The van der Waals surface area contributed by atoms with E-state index in [0.717, 1.165) is 43.6 Å². The number of urea groups is 1. The number of anilines is 3. The maximum absolute atomic E-state index is 13.0. The van der Waals surface area contributed by atoms with Gasteiger partial charge in [-0.15, -0.1) is 0 Å². The average Bonchev–Trinajstić information content (AvgIpc) is 3.53. The zero-order valence-corrected chi connectivity index (χ0v) is 20.6. The van der Waals surface area contributed by atoms with Crippen LogP contribution in [0.1, 0.15) is 37.7 Å². The molecular formula is C27H32N6O3. The van der Waals surface area contributed by atoms with Crippen LogP contribution in [0.2, 0.25) is 0 Å². The number of rotatable bonds is 3. The summed E-state index contributed by atoms with van der Waals surface area (Å²) in [6.07, 6.45) is 8.68. The lowest BCUT2D eigenvalue weighted by atomic mass is 9.75. The maximum atomic E-state index is 13.0. The minimum atomic E-state index is -0.580. The highest BCUT2D eigenvalue weighted by Crippen LogP contribution is 2.41. The van der Waals surface area contributed by atoms with Crippen LogP contribution in [0, 0.1) is 11.8 Å². The molecule has 3 aliphatic rings. The van der Waals surface area contributed by atoms with Crippen LogP contribution in [-0.2, 0) is 11.2 Å². The summed E-state index contributed by atoms with van der Waals surface area (Å²) in [4.78, 5) is 27.5. The number of methoxy groups -OCH3 is 1. The predicted octanol–water partition coefficient (Wildman–Crippen LogP) is 4.77. The van der Waals surface area contributed by atoms with E-state index < -0.39 is 6.09 Å². The number of nitrogens with one attached hydrogen (secondary N) is 2. The molecule has 2 N–H and O–H groups in total. The van der Waals surface area contributed by atoms with Gasteiger partial charge in [0.2, 0.25) is 0 Å². The molecule has 188 valence electrons. The Morgan fingerprint density at radius 2 is 1.81 bits per heavy atom. The normalized spacial score (nSPS) is 21.1. The molecule has 3 aromatic rings. The lowest BCUT2D eigenvalue weighted by molar-refractivity contribution is 0.170. The lowest BCUT2D eigenvalue weighted by Gasteiger charge is -2.43. The van der Waals surface area contributed by atoms with E-state index in [1.54, 1.807) is 24.4 Å². The SMILES string of the molecule is COC(=O)n1ncc2c(NC(=O)NN3CCc4c(N5CCC6CCCCC6C5)cccc43)cccc21. The van der Waals surface area contributed by atoms with Gasteiger partial charge in [-0.1, -0.05) is 31.4 Å². The van der Waals surface area contributed by atoms with Crippen molar-refractivity contribution < 1.29 is 14.3 Å². The summed E-state index contributed by atoms with van der Waals surface area (Å²) in [5.41, 5.74) is 7.84. The number of carbonyl (C=O) groups is 2. The van der Waals surface area contributed by atoms with Crippen molar-refractivity contribution in [2.75, 3.05) is 42.0 Å². The van der Waals surface area contributed by atoms with Crippen molar-refractivity contribution in [3.63, 3.8) is 0 Å².